The van der Waals surface area contributed by atoms with Crippen molar-refractivity contribution in [1.29, 1.82) is 0 Å². The predicted molar refractivity (Wildman–Crippen MR) is 98.9 cm³/mol. The number of ether oxygens (including phenoxy) is 1. The molecule has 2 heterocycles. The summed E-state index contributed by atoms with van der Waals surface area (Å²) in [6, 6.07) is 14.9. The van der Waals surface area contributed by atoms with Crippen molar-refractivity contribution in [2.75, 3.05) is 7.11 Å². The van der Waals surface area contributed by atoms with E-state index in [9.17, 15) is 0 Å². The molecule has 0 spiro atoms. The van der Waals surface area contributed by atoms with Crippen LogP contribution in [0.1, 0.15) is 40.1 Å². The molecule has 1 aromatic heterocycles. The van der Waals surface area contributed by atoms with Gasteiger partial charge in [-0.15, -0.1) is 10.2 Å². The van der Waals surface area contributed by atoms with E-state index >= 15 is 0 Å². The summed E-state index contributed by atoms with van der Waals surface area (Å²) in [5, 5.41) is 8.34. The largest absolute Gasteiger partial charge is 0.496 e. The van der Waals surface area contributed by atoms with Gasteiger partial charge in [0.1, 0.15) is 5.75 Å². The van der Waals surface area contributed by atoms with E-state index in [1.807, 2.05) is 13.0 Å². The fraction of sp³-hybridized carbons (Fsp3) is 0.333. The molecule has 0 amide bonds. The van der Waals surface area contributed by atoms with E-state index in [0.717, 1.165) is 25.3 Å². The highest BCUT2D eigenvalue weighted by Crippen LogP contribution is 2.35. The van der Waals surface area contributed by atoms with Gasteiger partial charge in [0, 0.05) is 25.6 Å². The average molecular weight is 349 g/mol. The zero-order valence-corrected chi connectivity index (χ0v) is 15.4. The van der Waals surface area contributed by atoms with Crippen LogP contribution < -0.4 is 4.74 Å². The van der Waals surface area contributed by atoms with Crippen molar-refractivity contribution in [1.82, 2.24) is 15.1 Å². The van der Waals surface area contributed by atoms with Gasteiger partial charge >= 0.3 is 0 Å². The van der Waals surface area contributed by atoms with E-state index in [2.05, 4.69) is 58.4 Å². The van der Waals surface area contributed by atoms with Crippen LogP contribution in [0.15, 0.2) is 46.9 Å². The van der Waals surface area contributed by atoms with Crippen molar-refractivity contribution in [3.05, 3.63) is 76.5 Å². The Bertz CT molecular complexity index is 919. The van der Waals surface area contributed by atoms with Crippen LogP contribution in [0, 0.1) is 13.8 Å². The van der Waals surface area contributed by atoms with Crippen molar-refractivity contribution in [3.8, 4) is 5.75 Å². The van der Waals surface area contributed by atoms with Gasteiger partial charge in [0.25, 0.3) is 0 Å². The molecular weight excluding hydrogens is 326 g/mol. The maximum Gasteiger partial charge on any atom is 0.233 e. The third-order valence-electron chi connectivity index (χ3n) is 4.98. The van der Waals surface area contributed by atoms with Crippen LogP contribution in [-0.4, -0.2) is 22.2 Å². The molecule has 0 radical (unpaired) electrons. The van der Waals surface area contributed by atoms with Crippen molar-refractivity contribution in [2.24, 2.45) is 0 Å². The second-order valence-corrected chi connectivity index (χ2v) is 6.87. The van der Waals surface area contributed by atoms with E-state index in [0.29, 0.717) is 11.8 Å². The van der Waals surface area contributed by atoms with Gasteiger partial charge in [-0.25, -0.2) is 0 Å². The number of hydrogen-bond acceptors (Lipinski definition) is 5. The number of methoxy groups -OCH3 is 1. The van der Waals surface area contributed by atoms with Crippen LogP contribution in [0.4, 0.5) is 0 Å². The molecule has 0 aliphatic carbocycles. The number of aromatic nitrogens is 2. The first-order valence-electron chi connectivity index (χ1n) is 8.88. The molecule has 1 aliphatic heterocycles. The van der Waals surface area contributed by atoms with Crippen molar-refractivity contribution >= 4 is 0 Å². The molecule has 0 unspecified atom stereocenters. The third kappa shape index (κ3) is 3.22. The maximum absolute atomic E-state index is 5.79. The summed E-state index contributed by atoms with van der Waals surface area (Å²) in [4.78, 5) is 2.40. The summed E-state index contributed by atoms with van der Waals surface area (Å²) in [6.45, 7) is 5.55. The lowest BCUT2D eigenvalue weighted by Gasteiger charge is -2.35. The van der Waals surface area contributed by atoms with E-state index in [4.69, 9.17) is 9.15 Å². The molecule has 1 atom stereocenters. The Morgan fingerprint density at radius 2 is 1.92 bits per heavy atom. The second-order valence-electron chi connectivity index (χ2n) is 6.87. The smallest absolute Gasteiger partial charge is 0.233 e. The first kappa shape index (κ1) is 16.8. The number of nitrogens with zero attached hydrogens (tertiary/aromatic N) is 3. The molecule has 1 aliphatic rings. The van der Waals surface area contributed by atoms with Crippen LogP contribution >= 0.6 is 0 Å². The third-order valence-corrected chi connectivity index (χ3v) is 4.98. The van der Waals surface area contributed by atoms with Gasteiger partial charge in [0.15, 0.2) is 0 Å². The summed E-state index contributed by atoms with van der Waals surface area (Å²) in [6.07, 6.45) is 0.867. The number of rotatable bonds is 4. The topological polar surface area (TPSA) is 51.4 Å². The Morgan fingerprint density at radius 3 is 2.65 bits per heavy atom. The molecular formula is C21H23N3O2. The van der Waals surface area contributed by atoms with Gasteiger partial charge in [0.2, 0.25) is 11.8 Å². The summed E-state index contributed by atoms with van der Waals surface area (Å²) in [7, 11) is 1.72. The number of benzene rings is 2. The fourth-order valence-electron chi connectivity index (χ4n) is 3.68. The average Bonchev–Trinajstić information content (AvgIpc) is 3.07. The van der Waals surface area contributed by atoms with Crippen LogP contribution in [0.3, 0.4) is 0 Å². The van der Waals surface area contributed by atoms with Crippen LogP contribution in [0.5, 0.6) is 5.75 Å². The lowest BCUT2D eigenvalue weighted by Crippen LogP contribution is -2.34. The van der Waals surface area contributed by atoms with E-state index in [-0.39, 0.29) is 6.04 Å². The Balaban J connectivity index is 1.71. The predicted octanol–water partition coefficient (Wildman–Crippen LogP) is 3.99. The Kier molecular flexibility index (Phi) is 4.47. The lowest BCUT2D eigenvalue weighted by molar-refractivity contribution is 0.136. The highest BCUT2D eigenvalue weighted by molar-refractivity contribution is 5.38. The lowest BCUT2D eigenvalue weighted by atomic mass is 9.93. The number of fused-ring (bicyclic) bond motifs is 1. The van der Waals surface area contributed by atoms with E-state index in [1.165, 1.54) is 22.3 Å². The summed E-state index contributed by atoms with van der Waals surface area (Å²) < 4.78 is 11.4. The molecule has 0 saturated carbocycles. The highest BCUT2D eigenvalue weighted by Gasteiger charge is 2.31. The van der Waals surface area contributed by atoms with Gasteiger partial charge in [-0.2, -0.15) is 0 Å². The minimum Gasteiger partial charge on any atom is -0.496 e. The molecule has 3 aromatic rings. The first-order chi connectivity index (χ1) is 12.6. The highest BCUT2D eigenvalue weighted by atomic mass is 16.5. The van der Waals surface area contributed by atoms with Gasteiger partial charge in [-0.05, 0) is 30.5 Å². The summed E-state index contributed by atoms with van der Waals surface area (Å²) in [5.74, 6) is 2.20. The standard InChI is InChI=1S/C21H23N3O2/c1-14-8-9-20(25-3)18(10-14)13-24-12-17-7-5-4-6-16(17)11-19(24)21-23-22-15(2)26-21/h4-10,19H,11-13H2,1-3H3/t19-/m1/s1. The minimum absolute atomic E-state index is 0.0660. The van der Waals surface area contributed by atoms with Crippen LogP contribution in [0.25, 0.3) is 0 Å². The van der Waals surface area contributed by atoms with Crippen LogP contribution in [0.2, 0.25) is 0 Å². The number of hydrogen-bond donors (Lipinski definition) is 0. The van der Waals surface area contributed by atoms with Gasteiger partial charge in [-0.3, -0.25) is 4.90 Å². The van der Waals surface area contributed by atoms with Crippen molar-refractivity contribution < 1.29 is 9.15 Å². The van der Waals surface area contributed by atoms with Gasteiger partial charge < -0.3 is 9.15 Å². The first-order valence-corrected chi connectivity index (χ1v) is 8.88. The Morgan fingerprint density at radius 1 is 1.12 bits per heavy atom. The second kappa shape index (κ2) is 6.92. The molecule has 26 heavy (non-hydrogen) atoms. The van der Waals surface area contributed by atoms with Gasteiger partial charge in [-0.1, -0.05) is 42.0 Å². The molecule has 2 aromatic carbocycles. The zero-order valence-electron chi connectivity index (χ0n) is 15.4. The molecule has 134 valence electrons. The SMILES string of the molecule is COc1ccc(C)cc1CN1Cc2ccccc2C[C@@H]1c1nnc(C)o1. The van der Waals surface area contributed by atoms with Crippen molar-refractivity contribution in [3.63, 3.8) is 0 Å². The van der Waals surface area contributed by atoms with E-state index < -0.39 is 0 Å². The Labute approximate surface area is 153 Å². The monoisotopic (exact) mass is 349 g/mol. The van der Waals surface area contributed by atoms with Gasteiger partial charge in [0.05, 0.1) is 13.2 Å². The zero-order chi connectivity index (χ0) is 18.1. The minimum atomic E-state index is 0.0660. The molecule has 0 saturated heterocycles. The summed E-state index contributed by atoms with van der Waals surface area (Å²) in [5.41, 5.74) is 5.10. The van der Waals surface area contributed by atoms with Crippen molar-refractivity contribution in [2.45, 2.75) is 39.4 Å². The van der Waals surface area contributed by atoms with E-state index in [1.54, 1.807) is 7.11 Å². The molecule has 4 rings (SSSR count). The summed E-state index contributed by atoms with van der Waals surface area (Å²) >= 11 is 0. The molecule has 0 fully saturated rings. The molecule has 5 heteroatoms. The normalized spacial score (nSPS) is 17.1. The maximum atomic E-state index is 5.79. The molecule has 0 bridgehead atoms. The molecule has 5 nitrogen and oxygen atoms in total. The molecule has 0 N–H and O–H groups in total. The quantitative estimate of drug-likeness (QED) is 0.713. The fourth-order valence-corrected chi connectivity index (χ4v) is 3.68. The van der Waals surface area contributed by atoms with Crippen LogP contribution in [-0.2, 0) is 19.5 Å². The Hall–Kier alpha value is -2.66. The number of aryl methyl sites for hydroxylation is 2.